The predicted molar refractivity (Wildman–Crippen MR) is 93.1 cm³/mol. The van der Waals surface area contributed by atoms with Crippen molar-refractivity contribution in [1.29, 1.82) is 0 Å². The van der Waals surface area contributed by atoms with Crippen LogP contribution in [0.4, 0.5) is 0 Å². The van der Waals surface area contributed by atoms with Crippen molar-refractivity contribution in [2.75, 3.05) is 20.6 Å². The van der Waals surface area contributed by atoms with E-state index in [1.54, 1.807) is 0 Å². The number of benzene rings is 2. The maximum atomic E-state index is 11.2. The van der Waals surface area contributed by atoms with E-state index in [1.807, 2.05) is 55.4 Å². The summed E-state index contributed by atoms with van der Waals surface area (Å²) in [6, 6.07) is 16.1. The third-order valence-corrected chi connectivity index (χ3v) is 3.90. The Bertz CT molecular complexity index is 682. The number of rotatable bonds is 2. The highest BCUT2D eigenvalue weighted by molar-refractivity contribution is 5.85. The first kappa shape index (κ1) is 16.6. The first-order valence-corrected chi connectivity index (χ1v) is 7.15. The van der Waals surface area contributed by atoms with Gasteiger partial charge in [-0.05, 0) is 36.3 Å². The van der Waals surface area contributed by atoms with E-state index >= 15 is 0 Å². The first-order valence-electron chi connectivity index (χ1n) is 7.15. The summed E-state index contributed by atoms with van der Waals surface area (Å²) in [5.74, 6) is 6.25. The fourth-order valence-corrected chi connectivity index (χ4v) is 2.90. The molecule has 0 heterocycles. The van der Waals surface area contributed by atoms with Gasteiger partial charge in [0.2, 0.25) is 0 Å². The Balaban J connectivity index is 0.00000176. The summed E-state index contributed by atoms with van der Waals surface area (Å²) < 4.78 is 0. The summed E-state index contributed by atoms with van der Waals surface area (Å²) in [4.78, 5) is 2.02. The highest BCUT2D eigenvalue weighted by Gasteiger charge is 2.40. The second-order valence-corrected chi connectivity index (χ2v) is 5.72. The smallest absolute Gasteiger partial charge is 0.127 e. The van der Waals surface area contributed by atoms with Gasteiger partial charge in [-0.15, -0.1) is 12.4 Å². The van der Waals surface area contributed by atoms with Crippen LogP contribution in [0.15, 0.2) is 48.5 Å². The lowest BCUT2D eigenvalue weighted by Gasteiger charge is -2.23. The van der Waals surface area contributed by atoms with Crippen molar-refractivity contribution in [3.05, 3.63) is 59.7 Å². The minimum atomic E-state index is -0.994. The largest absolute Gasteiger partial charge is 0.379 e. The number of aliphatic hydroxyl groups is 1. The third-order valence-electron chi connectivity index (χ3n) is 3.90. The van der Waals surface area contributed by atoms with Gasteiger partial charge >= 0.3 is 0 Å². The molecule has 22 heavy (non-hydrogen) atoms. The standard InChI is InChI=1S/C19H19NO.ClH/c1-20(2)14-8-7-13-19(21)17-11-5-3-9-15(17)16-10-4-6-12-18(16)19;/h3-6,9-12,21H,13-14H2,1-2H3;1H. The maximum Gasteiger partial charge on any atom is 0.127 e. The van der Waals surface area contributed by atoms with Crippen molar-refractivity contribution in [3.8, 4) is 23.0 Å². The van der Waals surface area contributed by atoms with Crippen LogP contribution in [0.1, 0.15) is 17.5 Å². The summed E-state index contributed by atoms with van der Waals surface area (Å²) in [7, 11) is 3.98. The minimum Gasteiger partial charge on any atom is -0.379 e. The Kier molecular flexibility index (Phi) is 4.93. The van der Waals surface area contributed by atoms with Gasteiger partial charge in [0.1, 0.15) is 5.60 Å². The lowest BCUT2D eigenvalue weighted by atomic mass is 9.88. The SMILES string of the molecule is CN(C)CC#CCC1(O)c2ccccc2-c2ccccc21.Cl. The molecule has 0 bridgehead atoms. The molecule has 0 radical (unpaired) electrons. The summed E-state index contributed by atoms with van der Waals surface area (Å²) >= 11 is 0. The highest BCUT2D eigenvalue weighted by Crippen LogP contribution is 2.48. The predicted octanol–water partition coefficient (Wildman–Crippen LogP) is 3.28. The number of fused-ring (bicyclic) bond motifs is 3. The average molecular weight is 314 g/mol. The van der Waals surface area contributed by atoms with Gasteiger partial charge in [0, 0.05) is 6.42 Å². The van der Waals surface area contributed by atoms with Gasteiger partial charge in [-0.3, -0.25) is 4.90 Å². The fourth-order valence-electron chi connectivity index (χ4n) is 2.90. The first-order chi connectivity index (χ1) is 10.1. The molecule has 0 unspecified atom stereocenters. The maximum absolute atomic E-state index is 11.2. The van der Waals surface area contributed by atoms with E-state index in [9.17, 15) is 5.11 Å². The van der Waals surface area contributed by atoms with E-state index in [2.05, 4.69) is 24.0 Å². The Morgan fingerprint density at radius 1 is 0.909 bits per heavy atom. The van der Waals surface area contributed by atoms with Crippen LogP contribution in [0, 0.1) is 11.8 Å². The number of hydrogen-bond donors (Lipinski definition) is 1. The Labute approximate surface area is 138 Å². The van der Waals surface area contributed by atoms with E-state index in [4.69, 9.17) is 0 Å². The topological polar surface area (TPSA) is 23.5 Å². The molecule has 2 nitrogen and oxygen atoms in total. The summed E-state index contributed by atoms with van der Waals surface area (Å²) in [6.07, 6.45) is 0.425. The molecule has 1 aliphatic carbocycles. The molecule has 2 aromatic rings. The van der Waals surface area contributed by atoms with Crippen LogP contribution >= 0.6 is 12.4 Å². The van der Waals surface area contributed by atoms with Gasteiger partial charge in [-0.1, -0.05) is 60.4 Å². The van der Waals surface area contributed by atoms with Crippen LogP contribution in [0.25, 0.3) is 11.1 Å². The van der Waals surface area contributed by atoms with Gasteiger partial charge in [-0.25, -0.2) is 0 Å². The molecule has 114 valence electrons. The molecule has 0 saturated heterocycles. The van der Waals surface area contributed by atoms with Crippen LogP contribution in [0.3, 0.4) is 0 Å². The Hall–Kier alpha value is -1.79. The minimum absolute atomic E-state index is 0. The third kappa shape index (κ3) is 2.76. The highest BCUT2D eigenvalue weighted by atomic mass is 35.5. The van der Waals surface area contributed by atoms with Crippen molar-refractivity contribution < 1.29 is 5.11 Å². The number of halogens is 1. The molecule has 0 aromatic heterocycles. The molecule has 0 amide bonds. The second-order valence-electron chi connectivity index (χ2n) is 5.72. The molecule has 3 heteroatoms. The molecule has 0 atom stereocenters. The monoisotopic (exact) mass is 313 g/mol. The zero-order valence-electron chi connectivity index (χ0n) is 12.8. The molecule has 1 N–H and O–H groups in total. The summed E-state index contributed by atoms with van der Waals surface area (Å²) in [5, 5.41) is 11.2. The van der Waals surface area contributed by atoms with Crippen LogP contribution in [0.2, 0.25) is 0 Å². The van der Waals surface area contributed by atoms with Crippen molar-refractivity contribution in [1.82, 2.24) is 4.90 Å². The molecule has 0 spiro atoms. The van der Waals surface area contributed by atoms with Gasteiger partial charge in [0.05, 0.1) is 6.54 Å². The molecule has 1 aliphatic rings. The van der Waals surface area contributed by atoms with E-state index in [0.29, 0.717) is 13.0 Å². The van der Waals surface area contributed by atoms with Crippen molar-refractivity contribution >= 4 is 12.4 Å². The van der Waals surface area contributed by atoms with Crippen LogP contribution in [0.5, 0.6) is 0 Å². The Morgan fingerprint density at radius 2 is 1.41 bits per heavy atom. The van der Waals surface area contributed by atoms with E-state index in [0.717, 1.165) is 22.3 Å². The van der Waals surface area contributed by atoms with Gasteiger partial charge < -0.3 is 5.11 Å². The van der Waals surface area contributed by atoms with Gasteiger partial charge in [-0.2, -0.15) is 0 Å². The zero-order chi connectivity index (χ0) is 14.9. The van der Waals surface area contributed by atoms with E-state index < -0.39 is 5.60 Å². The molecule has 0 aliphatic heterocycles. The van der Waals surface area contributed by atoms with Crippen molar-refractivity contribution in [2.45, 2.75) is 12.0 Å². The Morgan fingerprint density at radius 3 is 1.91 bits per heavy atom. The normalized spacial score (nSPS) is 13.6. The van der Waals surface area contributed by atoms with E-state index in [1.165, 1.54) is 0 Å². The summed E-state index contributed by atoms with van der Waals surface area (Å²) in [5.41, 5.74) is 3.16. The van der Waals surface area contributed by atoms with Gasteiger partial charge in [0.25, 0.3) is 0 Å². The van der Waals surface area contributed by atoms with E-state index in [-0.39, 0.29) is 12.4 Å². The zero-order valence-corrected chi connectivity index (χ0v) is 13.7. The van der Waals surface area contributed by atoms with Gasteiger partial charge in [0.15, 0.2) is 0 Å². The van der Waals surface area contributed by atoms with Crippen LogP contribution in [-0.4, -0.2) is 30.6 Å². The fraction of sp³-hybridized carbons (Fsp3) is 0.263. The number of nitrogens with zero attached hydrogens (tertiary/aromatic N) is 1. The van der Waals surface area contributed by atoms with Crippen LogP contribution in [-0.2, 0) is 5.60 Å². The molecule has 3 rings (SSSR count). The summed E-state index contributed by atoms with van der Waals surface area (Å²) in [6.45, 7) is 0.708. The molecule has 0 saturated carbocycles. The lowest BCUT2D eigenvalue weighted by Crippen LogP contribution is -2.23. The number of hydrogen-bond acceptors (Lipinski definition) is 2. The lowest BCUT2D eigenvalue weighted by molar-refractivity contribution is 0.0914. The van der Waals surface area contributed by atoms with Crippen molar-refractivity contribution in [3.63, 3.8) is 0 Å². The molecular formula is C19H20ClNO. The second kappa shape index (κ2) is 6.54. The molecular weight excluding hydrogens is 294 g/mol. The quantitative estimate of drug-likeness (QED) is 0.860. The average Bonchev–Trinajstić information content (AvgIpc) is 2.75. The van der Waals surface area contributed by atoms with Crippen LogP contribution < -0.4 is 0 Å². The molecule has 0 fully saturated rings. The van der Waals surface area contributed by atoms with Crippen molar-refractivity contribution in [2.24, 2.45) is 0 Å². The molecule has 2 aromatic carbocycles.